The summed E-state index contributed by atoms with van der Waals surface area (Å²) in [4.78, 5) is 4.12. The molecule has 2 aromatic heterocycles. The molecule has 1 atom stereocenters. The van der Waals surface area contributed by atoms with E-state index in [0.717, 1.165) is 28.8 Å². The third-order valence-electron chi connectivity index (χ3n) is 2.98. The highest BCUT2D eigenvalue weighted by molar-refractivity contribution is 9.10. The molecule has 0 radical (unpaired) electrons. The maximum Gasteiger partial charge on any atom is 0.150 e. The van der Waals surface area contributed by atoms with Crippen LogP contribution in [-0.4, -0.2) is 19.0 Å². The number of halogens is 1. The van der Waals surface area contributed by atoms with E-state index in [1.54, 1.807) is 18.3 Å². The van der Waals surface area contributed by atoms with Crippen molar-refractivity contribution >= 4 is 32.4 Å². The molecule has 2 aromatic rings. The predicted octanol–water partition coefficient (Wildman–Crippen LogP) is 2.51. The Morgan fingerprint density at radius 2 is 2.20 bits per heavy atom. The summed E-state index contributed by atoms with van der Waals surface area (Å²) in [5.41, 5.74) is 8.19. The summed E-state index contributed by atoms with van der Waals surface area (Å²) >= 11 is 3.55. The summed E-state index contributed by atoms with van der Waals surface area (Å²) in [6, 6.07) is 3.45. The van der Waals surface area contributed by atoms with E-state index in [1.165, 1.54) is 0 Å². The van der Waals surface area contributed by atoms with Gasteiger partial charge in [-0.1, -0.05) is 6.92 Å². The molecule has 20 heavy (non-hydrogen) atoms. The van der Waals surface area contributed by atoms with Crippen LogP contribution in [0.2, 0.25) is 0 Å². The molecule has 0 spiro atoms. The van der Waals surface area contributed by atoms with E-state index in [0.29, 0.717) is 16.5 Å². The standard InChI is InChI=1S/C13H17BrN4OS/c1-3-10-12(14)11(18(4-2)17-10)8-20(19)13-9(15)6-5-7-16-13/h5-7H,3-4,8,15H2,1-2H3. The van der Waals surface area contributed by atoms with E-state index in [1.807, 2.05) is 18.5 Å². The van der Waals surface area contributed by atoms with Gasteiger partial charge in [0.05, 0.1) is 38.1 Å². The summed E-state index contributed by atoms with van der Waals surface area (Å²) in [5, 5.41) is 4.93. The van der Waals surface area contributed by atoms with Gasteiger partial charge < -0.3 is 5.73 Å². The quantitative estimate of drug-likeness (QED) is 0.892. The molecule has 2 heterocycles. The van der Waals surface area contributed by atoms with Crippen LogP contribution >= 0.6 is 15.9 Å². The molecule has 0 fully saturated rings. The van der Waals surface area contributed by atoms with Gasteiger partial charge in [0.15, 0.2) is 0 Å². The molecule has 0 aliphatic heterocycles. The second-order valence-corrected chi connectivity index (χ2v) is 6.42. The first kappa shape index (κ1) is 15.2. The largest absolute Gasteiger partial charge is 0.396 e. The Balaban J connectivity index is 2.33. The van der Waals surface area contributed by atoms with Crippen molar-refractivity contribution in [3.63, 3.8) is 0 Å². The molecule has 108 valence electrons. The molecule has 2 rings (SSSR count). The highest BCUT2D eigenvalue weighted by atomic mass is 79.9. The lowest BCUT2D eigenvalue weighted by molar-refractivity contribution is 0.623. The van der Waals surface area contributed by atoms with Crippen LogP contribution in [0.15, 0.2) is 27.8 Å². The fourth-order valence-electron chi connectivity index (χ4n) is 1.94. The lowest BCUT2D eigenvalue weighted by atomic mass is 10.3. The summed E-state index contributed by atoms with van der Waals surface area (Å²) in [5.74, 6) is 0.350. The highest BCUT2D eigenvalue weighted by Crippen LogP contribution is 2.25. The number of nitrogen functional groups attached to an aromatic ring is 1. The zero-order valence-electron chi connectivity index (χ0n) is 11.5. The Morgan fingerprint density at radius 3 is 2.80 bits per heavy atom. The molecule has 2 N–H and O–H groups in total. The van der Waals surface area contributed by atoms with Crippen molar-refractivity contribution in [1.82, 2.24) is 14.8 Å². The van der Waals surface area contributed by atoms with Gasteiger partial charge in [0.25, 0.3) is 0 Å². The van der Waals surface area contributed by atoms with Crippen molar-refractivity contribution < 1.29 is 4.21 Å². The molecule has 0 amide bonds. The van der Waals surface area contributed by atoms with Crippen LogP contribution in [0.25, 0.3) is 0 Å². The molecule has 0 aliphatic rings. The van der Waals surface area contributed by atoms with Gasteiger partial charge in [-0.3, -0.25) is 8.89 Å². The fourth-order valence-corrected chi connectivity index (χ4v) is 4.02. The van der Waals surface area contributed by atoms with E-state index in [-0.39, 0.29) is 0 Å². The van der Waals surface area contributed by atoms with Crippen LogP contribution < -0.4 is 5.73 Å². The number of aryl methyl sites for hydroxylation is 2. The van der Waals surface area contributed by atoms with Gasteiger partial charge in [0.2, 0.25) is 0 Å². The van der Waals surface area contributed by atoms with Crippen LogP contribution in [0.4, 0.5) is 5.69 Å². The van der Waals surface area contributed by atoms with Crippen molar-refractivity contribution in [3.8, 4) is 0 Å². The van der Waals surface area contributed by atoms with E-state index in [9.17, 15) is 4.21 Å². The first-order chi connectivity index (χ1) is 9.58. The SMILES string of the molecule is CCc1nn(CC)c(CS(=O)c2ncccc2N)c1Br. The van der Waals surface area contributed by atoms with Crippen LogP contribution in [-0.2, 0) is 29.5 Å². The molecule has 0 aromatic carbocycles. The normalized spacial score (nSPS) is 12.6. The van der Waals surface area contributed by atoms with Gasteiger partial charge in [-0.05, 0) is 41.4 Å². The maximum absolute atomic E-state index is 12.5. The fraction of sp³-hybridized carbons (Fsp3) is 0.385. The second kappa shape index (κ2) is 6.49. The number of hydrogen-bond donors (Lipinski definition) is 1. The Bertz CT molecular complexity index is 641. The van der Waals surface area contributed by atoms with Crippen molar-refractivity contribution in [1.29, 1.82) is 0 Å². The Kier molecular flexibility index (Phi) is 4.93. The highest BCUT2D eigenvalue weighted by Gasteiger charge is 2.18. The number of anilines is 1. The van der Waals surface area contributed by atoms with E-state index in [2.05, 4.69) is 26.0 Å². The smallest absolute Gasteiger partial charge is 0.150 e. The average molecular weight is 357 g/mol. The molecular formula is C13H17BrN4OS. The van der Waals surface area contributed by atoms with Gasteiger partial charge in [-0.25, -0.2) is 4.98 Å². The van der Waals surface area contributed by atoms with Crippen molar-refractivity contribution in [3.05, 3.63) is 34.2 Å². The molecule has 0 aliphatic carbocycles. The number of rotatable bonds is 5. The molecule has 0 bridgehead atoms. The van der Waals surface area contributed by atoms with Gasteiger partial charge in [0.1, 0.15) is 5.03 Å². The third-order valence-corrected chi connectivity index (χ3v) is 5.20. The Hall–Kier alpha value is -1.21. The van der Waals surface area contributed by atoms with E-state index >= 15 is 0 Å². The number of pyridine rings is 1. The third kappa shape index (κ3) is 2.93. The molecular weight excluding hydrogens is 340 g/mol. The van der Waals surface area contributed by atoms with Crippen molar-refractivity contribution in [2.75, 3.05) is 5.73 Å². The van der Waals surface area contributed by atoms with Crippen LogP contribution in [0.5, 0.6) is 0 Å². The predicted molar refractivity (Wildman–Crippen MR) is 83.7 cm³/mol. The molecule has 5 nitrogen and oxygen atoms in total. The summed E-state index contributed by atoms with van der Waals surface area (Å²) in [6.07, 6.45) is 2.44. The lowest BCUT2D eigenvalue weighted by Crippen LogP contribution is -2.08. The summed E-state index contributed by atoms with van der Waals surface area (Å²) in [7, 11) is -1.28. The summed E-state index contributed by atoms with van der Waals surface area (Å²) < 4.78 is 15.3. The number of aromatic nitrogens is 3. The van der Waals surface area contributed by atoms with Crippen molar-refractivity contribution in [2.24, 2.45) is 0 Å². The monoisotopic (exact) mass is 356 g/mol. The number of nitrogens with two attached hydrogens (primary N) is 1. The molecule has 0 saturated heterocycles. The number of nitrogens with zero attached hydrogens (tertiary/aromatic N) is 3. The second-order valence-electron chi connectivity index (χ2n) is 4.26. The topological polar surface area (TPSA) is 73.8 Å². The van der Waals surface area contributed by atoms with Gasteiger partial charge in [0, 0.05) is 12.7 Å². The molecule has 0 saturated carbocycles. The van der Waals surface area contributed by atoms with Crippen molar-refractivity contribution in [2.45, 2.75) is 37.6 Å². The van der Waals surface area contributed by atoms with Gasteiger partial charge in [-0.15, -0.1) is 0 Å². The van der Waals surface area contributed by atoms with Gasteiger partial charge >= 0.3 is 0 Å². The van der Waals surface area contributed by atoms with Crippen LogP contribution in [0.1, 0.15) is 25.2 Å². The summed E-state index contributed by atoms with van der Waals surface area (Å²) in [6.45, 7) is 4.80. The van der Waals surface area contributed by atoms with E-state index < -0.39 is 10.8 Å². The average Bonchev–Trinajstić information content (AvgIpc) is 2.75. The first-order valence-corrected chi connectivity index (χ1v) is 8.52. The van der Waals surface area contributed by atoms with E-state index in [4.69, 9.17) is 5.73 Å². The molecule has 1 unspecified atom stereocenters. The van der Waals surface area contributed by atoms with Gasteiger partial charge in [-0.2, -0.15) is 5.10 Å². The lowest BCUT2D eigenvalue weighted by Gasteiger charge is -2.07. The number of hydrogen-bond acceptors (Lipinski definition) is 4. The molecule has 7 heteroatoms. The van der Waals surface area contributed by atoms with Crippen LogP contribution in [0.3, 0.4) is 0 Å². The first-order valence-electron chi connectivity index (χ1n) is 6.41. The minimum Gasteiger partial charge on any atom is -0.396 e. The van der Waals surface area contributed by atoms with Crippen LogP contribution in [0, 0.1) is 0 Å². The zero-order valence-corrected chi connectivity index (χ0v) is 13.9. The maximum atomic E-state index is 12.5. The zero-order chi connectivity index (χ0) is 14.7. The Morgan fingerprint density at radius 1 is 1.45 bits per heavy atom. The minimum atomic E-state index is -1.28. The Labute approximate surface area is 129 Å². The minimum absolute atomic E-state index is 0.350.